The molecule has 0 atom stereocenters. The van der Waals surface area contributed by atoms with E-state index < -0.39 is 11.8 Å². The third-order valence-corrected chi connectivity index (χ3v) is 3.73. The van der Waals surface area contributed by atoms with E-state index >= 15 is 0 Å². The molecule has 1 amide bonds. The average Bonchev–Trinajstić information content (AvgIpc) is 2.46. The summed E-state index contributed by atoms with van der Waals surface area (Å²) >= 11 is 0. The van der Waals surface area contributed by atoms with Crippen LogP contribution in [-0.4, -0.2) is 30.4 Å². The van der Waals surface area contributed by atoms with Gasteiger partial charge >= 0.3 is 5.97 Å². The number of rotatable bonds is 3. The lowest BCUT2D eigenvalue weighted by atomic mass is 10.1. The Morgan fingerprint density at radius 1 is 1.29 bits per heavy atom. The Hall–Kier alpha value is -1.91. The first-order valence-electron chi connectivity index (χ1n) is 7.26. The van der Waals surface area contributed by atoms with Crippen LogP contribution in [0.25, 0.3) is 0 Å². The average molecular weight is 293 g/mol. The van der Waals surface area contributed by atoms with Crippen LogP contribution in [-0.2, 0) is 16.1 Å². The first-order valence-corrected chi connectivity index (χ1v) is 7.26. The summed E-state index contributed by atoms with van der Waals surface area (Å²) in [4.78, 5) is 25.2. The summed E-state index contributed by atoms with van der Waals surface area (Å²) in [5.41, 5.74) is 0.606. The highest BCUT2D eigenvalue weighted by Gasteiger charge is 2.17. The number of amides is 1. The minimum absolute atomic E-state index is 0.0831. The van der Waals surface area contributed by atoms with Crippen LogP contribution in [0.3, 0.4) is 0 Å². The largest absolute Gasteiger partial charge is 0.465 e. The van der Waals surface area contributed by atoms with Gasteiger partial charge in [-0.25, -0.2) is 9.18 Å². The third kappa shape index (κ3) is 4.03. The fourth-order valence-corrected chi connectivity index (χ4v) is 2.54. The van der Waals surface area contributed by atoms with E-state index in [-0.39, 0.29) is 11.5 Å². The van der Waals surface area contributed by atoms with Gasteiger partial charge in [0.2, 0.25) is 5.91 Å². The van der Waals surface area contributed by atoms with Gasteiger partial charge in [-0.3, -0.25) is 4.79 Å². The van der Waals surface area contributed by atoms with E-state index in [4.69, 9.17) is 0 Å². The number of carbonyl (C=O) groups excluding carboxylic acids is 2. The smallest absolute Gasteiger partial charge is 0.340 e. The van der Waals surface area contributed by atoms with Gasteiger partial charge in [0, 0.05) is 19.5 Å². The Balaban J connectivity index is 2.09. The molecule has 0 unspecified atom stereocenters. The molecule has 0 bridgehead atoms. The predicted molar refractivity (Wildman–Crippen MR) is 76.2 cm³/mol. The lowest BCUT2D eigenvalue weighted by Gasteiger charge is -2.25. The summed E-state index contributed by atoms with van der Waals surface area (Å²) in [5.74, 6) is -1.19. The maximum atomic E-state index is 13.9. The van der Waals surface area contributed by atoms with Crippen molar-refractivity contribution in [3.63, 3.8) is 0 Å². The molecule has 0 radical (unpaired) electrons. The fourth-order valence-electron chi connectivity index (χ4n) is 2.54. The van der Waals surface area contributed by atoms with Crippen LogP contribution >= 0.6 is 0 Å². The maximum Gasteiger partial charge on any atom is 0.340 e. The molecule has 0 N–H and O–H groups in total. The van der Waals surface area contributed by atoms with E-state index in [0.29, 0.717) is 25.1 Å². The van der Waals surface area contributed by atoms with Crippen molar-refractivity contribution in [1.29, 1.82) is 0 Å². The molecule has 0 spiro atoms. The zero-order valence-corrected chi connectivity index (χ0v) is 12.2. The van der Waals surface area contributed by atoms with E-state index in [1.807, 2.05) is 0 Å². The molecule has 1 fully saturated rings. The van der Waals surface area contributed by atoms with Crippen LogP contribution in [0.4, 0.5) is 4.39 Å². The van der Waals surface area contributed by atoms with Crippen molar-refractivity contribution >= 4 is 11.9 Å². The molecule has 1 saturated heterocycles. The molecule has 1 heterocycles. The SMILES string of the molecule is COC(=O)c1ccc(CN2CCCCCCC2=O)cc1F. The van der Waals surface area contributed by atoms with Crippen molar-refractivity contribution in [3.05, 3.63) is 35.1 Å². The Morgan fingerprint density at radius 3 is 2.76 bits per heavy atom. The second-order valence-electron chi connectivity index (χ2n) is 5.29. The van der Waals surface area contributed by atoms with Crippen LogP contribution in [0, 0.1) is 5.82 Å². The van der Waals surface area contributed by atoms with Gasteiger partial charge in [0.15, 0.2) is 0 Å². The molecular formula is C16H20FNO3. The highest BCUT2D eigenvalue weighted by Crippen LogP contribution is 2.17. The molecule has 1 aliphatic heterocycles. The van der Waals surface area contributed by atoms with Gasteiger partial charge in [-0.2, -0.15) is 0 Å². The minimum Gasteiger partial charge on any atom is -0.465 e. The summed E-state index contributed by atoms with van der Waals surface area (Å²) in [6.45, 7) is 1.09. The Labute approximate surface area is 123 Å². The summed E-state index contributed by atoms with van der Waals surface area (Å²) in [7, 11) is 1.22. The van der Waals surface area contributed by atoms with Gasteiger partial charge < -0.3 is 9.64 Å². The van der Waals surface area contributed by atoms with Crippen molar-refractivity contribution in [3.8, 4) is 0 Å². The van der Waals surface area contributed by atoms with Gasteiger partial charge in [-0.05, 0) is 30.5 Å². The molecule has 21 heavy (non-hydrogen) atoms. The summed E-state index contributed by atoms with van der Waals surface area (Å²) in [6.07, 6.45) is 4.68. The number of benzene rings is 1. The highest BCUT2D eigenvalue weighted by molar-refractivity contribution is 5.89. The van der Waals surface area contributed by atoms with E-state index in [1.165, 1.54) is 19.2 Å². The van der Waals surface area contributed by atoms with Gasteiger partial charge in [-0.15, -0.1) is 0 Å². The van der Waals surface area contributed by atoms with Crippen molar-refractivity contribution in [2.75, 3.05) is 13.7 Å². The van der Waals surface area contributed by atoms with Crippen LogP contribution in [0.1, 0.15) is 48.0 Å². The number of hydrogen-bond donors (Lipinski definition) is 0. The Kier molecular flexibility index (Phi) is 5.31. The first kappa shape index (κ1) is 15.5. The highest BCUT2D eigenvalue weighted by atomic mass is 19.1. The second-order valence-corrected chi connectivity index (χ2v) is 5.29. The molecule has 114 valence electrons. The number of hydrogen-bond acceptors (Lipinski definition) is 3. The van der Waals surface area contributed by atoms with Crippen LogP contribution in [0.5, 0.6) is 0 Å². The lowest BCUT2D eigenvalue weighted by molar-refractivity contribution is -0.132. The summed E-state index contributed by atoms with van der Waals surface area (Å²) in [6, 6.07) is 4.38. The topological polar surface area (TPSA) is 46.6 Å². The van der Waals surface area contributed by atoms with Gasteiger partial charge in [0.1, 0.15) is 5.82 Å². The molecular weight excluding hydrogens is 273 g/mol. The normalized spacial score (nSPS) is 16.3. The van der Waals surface area contributed by atoms with Gasteiger partial charge in [-0.1, -0.05) is 18.9 Å². The number of halogens is 1. The fraction of sp³-hybridized carbons (Fsp3) is 0.500. The molecule has 1 aromatic rings. The van der Waals surface area contributed by atoms with Crippen LogP contribution in [0.15, 0.2) is 18.2 Å². The Morgan fingerprint density at radius 2 is 2.05 bits per heavy atom. The van der Waals surface area contributed by atoms with E-state index in [9.17, 15) is 14.0 Å². The zero-order valence-electron chi connectivity index (χ0n) is 12.2. The van der Waals surface area contributed by atoms with Crippen molar-refractivity contribution in [2.45, 2.75) is 38.6 Å². The second kappa shape index (κ2) is 7.20. The molecule has 4 nitrogen and oxygen atoms in total. The van der Waals surface area contributed by atoms with Gasteiger partial charge in [0.05, 0.1) is 12.7 Å². The number of esters is 1. The minimum atomic E-state index is -0.693. The molecule has 0 aromatic heterocycles. The van der Waals surface area contributed by atoms with E-state index in [1.54, 1.807) is 11.0 Å². The Bertz CT molecular complexity index is 530. The number of ether oxygens (including phenoxy) is 1. The number of carbonyl (C=O) groups is 2. The van der Waals surface area contributed by atoms with Crippen LogP contribution in [0.2, 0.25) is 0 Å². The number of likely N-dealkylation sites (tertiary alicyclic amines) is 1. The third-order valence-electron chi connectivity index (χ3n) is 3.73. The maximum absolute atomic E-state index is 13.9. The number of methoxy groups -OCH3 is 1. The van der Waals surface area contributed by atoms with Crippen LogP contribution < -0.4 is 0 Å². The van der Waals surface area contributed by atoms with E-state index in [2.05, 4.69) is 4.74 Å². The van der Waals surface area contributed by atoms with E-state index in [0.717, 1.165) is 25.7 Å². The first-order chi connectivity index (χ1) is 10.1. The monoisotopic (exact) mass is 293 g/mol. The quantitative estimate of drug-likeness (QED) is 0.805. The predicted octanol–water partition coefficient (Wildman–Crippen LogP) is 2.91. The molecule has 5 heteroatoms. The summed E-state index contributed by atoms with van der Waals surface area (Å²) in [5, 5.41) is 0. The number of nitrogens with zero attached hydrogens (tertiary/aromatic N) is 1. The zero-order chi connectivity index (χ0) is 15.2. The molecule has 1 aliphatic rings. The van der Waals surface area contributed by atoms with Crippen molar-refractivity contribution in [2.24, 2.45) is 0 Å². The lowest BCUT2D eigenvalue weighted by Crippen LogP contribution is -2.32. The summed E-state index contributed by atoms with van der Waals surface area (Å²) < 4.78 is 18.4. The molecule has 0 saturated carbocycles. The standard InChI is InChI=1S/C16H20FNO3/c1-21-16(20)13-8-7-12(10-14(13)17)11-18-9-5-3-2-4-6-15(18)19/h7-8,10H,2-6,9,11H2,1H3. The molecule has 0 aliphatic carbocycles. The molecule has 2 rings (SSSR count). The van der Waals surface area contributed by atoms with Crippen molar-refractivity contribution in [1.82, 2.24) is 4.90 Å². The van der Waals surface area contributed by atoms with Gasteiger partial charge in [0.25, 0.3) is 0 Å². The van der Waals surface area contributed by atoms with Crippen molar-refractivity contribution < 1.29 is 18.7 Å². The molecule has 1 aromatic carbocycles.